The Kier molecular flexibility index (Phi) is 11.8. The molecule has 0 radical (unpaired) electrons. The number of halogens is 1. The van der Waals surface area contributed by atoms with Gasteiger partial charge in [-0.1, -0.05) is 94.3 Å². The molecular weight excluding hydrogens is 460 g/mol. The molecule has 0 aromatic heterocycles. The molecule has 2 nitrogen and oxygen atoms in total. The third-order valence-corrected chi connectivity index (χ3v) is 7.78. The van der Waals surface area contributed by atoms with Gasteiger partial charge in [-0.3, -0.25) is 4.90 Å². The maximum atomic E-state index is 6.59. The van der Waals surface area contributed by atoms with E-state index in [9.17, 15) is 0 Å². The van der Waals surface area contributed by atoms with Crippen molar-refractivity contribution in [2.75, 3.05) is 6.54 Å². The van der Waals surface area contributed by atoms with Gasteiger partial charge in [0, 0.05) is 34.6 Å². The highest BCUT2D eigenvalue weighted by Gasteiger charge is 2.40. The van der Waals surface area contributed by atoms with Crippen LogP contribution in [0.3, 0.4) is 0 Å². The minimum Gasteiger partial charge on any atom is -0.357 e. The molecule has 0 spiro atoms. The molecule has 2 aromatic carbocycles. The Morgan fingerprint density at radius 1 is 1.03 bits per heavy atom. The maximum Gasteiger partial charge on any atom is 0.0556 e. The lowest BCUT2D eigenvalue weighted by Crippen LogP contribution is -2.57. The van der Waals surface area contributed by atoms with Crippen LogP contribution in [-0.2, 0) is 12.8 Å². The third-order valence-electron chi connectivity index (χ3n) is 7.45. The largest absolute Gasteiger partial charge is 0.357 e. The van der Waals surface area contributed by atoms with Gasteiger partial charge in [0.1, 0.15) is 0 Å². The fourth-order valence-electron chi connectivity index (χ4n) is 5.72. The lowest BCUT2D eigenvalue weighted by molar-refractivity contribution is 0.0721. The molecule has 0 bridgehead atoms. The zero-order valence-corrected chi connectivity index (χ0v) is 25.0. The molecule has 36 heavy (non-hydrogen) atoms. The first kappa shape index (κ1) is 30.2. The number of aryl methyl sites for hydroxylation is 2. The van der Waals surface area contributed by atoms with Crippen LogP contribution < -0.4 is 5.32 Å². The first-order valence-corrected chi connectivity index (χ1v) is 14.5. The molecule has 1 atom stereocenters. The number of nitrogens with one attached hydrogen (secondary N) is 1. The number of benzene rings is 2. The van der Waals surface area contributed by atoms with Crippen LogP contribution in [0.25, 0.3) is 5.70 Å². The Morgan fingerprint density at radius 2 is 1.72 bits per heavy atom. The van der Waals surface area contributed by atoms with Crippen LogP contribution in [0, 0.1) is 6.92 Å². The second-order valence-corrected chi connectivity index (χ2v) is 10.3. The van der Waals surface area contributed by atoms with Crippen LogP contribution in [0.1, 0.15) is 96.9 Å². The molecule has 1 aliphatic carbocycles. The van der Waals surface area contributed by atoms with E-state index in [0.29, 0.717) is 6.04 Å². The van der Waals surface area contributed by atoms with Gasteiger partial charge >= 0.3 is 0 Å². The molecule has 4 rings (SSSR count). The van der Waals surface area contributed by atoms with Crippen molar-refractivity contribution in [1.82, 2.24) is 10.2 Å². The lowest BCUT2D eigenvalue weighted by atomic mass is 9.80. The van der Waals surface area contributed by atoms with Gasteiger partial charge in [-0.25, -0.2) is 0 Å². The summed E-state index contributed by atoms with van der Waals surface area (Å²) in [5.74, 6) is 0. The van der Waals surface area contributed by atoms with E-state index in [-0.39, 0.29) is 5.54 Å². The van der Waals surface area contributed by atoms with E-state index in [1.165, 1.54) is 29.7 Å². The first-order valence-electron chi connectivity index (χ1n) is 14.1. The maximum absolute atomic E-state index is 6.59. The van der Waals surface area contributed by atoms with Crippen molar-refractivity contribution in [2.24, 2.45) is 0 Å². The predicted octanol–water partition coefficient (Wildman–Crippen LogP) is 9.36. The standard InChI is InChI=1S/C29H37ClN2.2C2H6/c1-6-10-27(24-13-7-8-14-26(24)30)31-28-21(3)17-18-32(29(28,4)5)23-16-15-22-12-9-11-20(2)25(22)19-23;2*1-2/h7-14,23,31H,6,15-19H2,1-5H3;2*1-2H3/b27-10+;;. The van der Waals surface area contributed by atoms with E-state index in [4.69, 9.17) is 11.6 Å². The van der Waals surface area contributed by atoms with Crippen molar-refractivity contribution in [2.45, 2.75) is 106 Å². The van der Waals surface area contributed by atoms with Crippen molar-refractivity contribution in [3.05, 3.63) is 87.1 Å². The number of allylic oxidation sites excluding steroid dienone is 1. The average Bonchev–Trinajstić information content (AvgIpc) is 2.89. The summed E-state index contributed by atoms with van der Waals surface area (Å²) in [6, 6.07) is 15.5. The summed E-state index contributed by atoms with van der Waals surface area (Å²) in [7, 11) is 0. The smallest absolute Gasteiger partial charge is 0.0556 e. The van der Waals surface area contributed by atoms with Crippen molar-refractivity contribution in [1.29, 1.82) is 0 Å². The van der Waals surface area contributed by atoms with Crippen LogP contribution in [0.5, 0.6) is 0 Å². The van der Waals surface area contributed by atoms with E-state index in [1.54, 1.807) is 11.1 Å². The molecular formula is C33H49ClN2. The molecule has 1 heterocycles. The predicted molar refractivity (Wildman–Crippen MR) is 161 cm³/mol. The number of fused-ring (bicyclic) bond motifs is 1. The minimum absolute atomic E-state index is 0.0682. The van der Waals surface area contributed by atoms with Crippen molar-refractivity contribution in [3.63, 3.8) is 0 Å². The van der Waals surface area contributed by atoms with E-state index < -0.39 is 0 Å². The van der Waals surface area contributed by atoms with E-state index in [1.807, 2.05) is 39.8 Å². The SMILES string of the molecule is CC.CC.CC/C=C(/NC1=C(C)CCN(C2CCc3cccc(C)c3C2)C1(C)C)c1ccccc1Cl. The van der Waals surface area contributed by atoms with Gasteiger partial charge in [0.25, 0.3) is 0 Å². The van der Waals surface area contributed by atoms with Gasteiger partial charge in [0.15, 0.2) is 0 Å². The highest BCUT2D eigenvalue weighted by Crippen LogP contribution is 2.38. The average molecular weight is 509 g/mol. The highest BCUT2D eigenvalue weighted by molar-refractivity contribution is 6.32. The third kappa shape index (κ3) is 6.64. The molecule has 0 saturated heterocycles. The summed E-state index contributed by atoms with van der Waals surface area (Å²) in [4.78, 5) is 2.76. The molecule has 0 saturated carbocycles. The van der Waals surface area contributed by atoms with Crippen molar-refractivity contribution >= 4 is 17.3 Å². The second kappa shape index (κ2) is 14.1. The minimum atomic E-state index is -0.0682. The molecule has 0 amide bonds. The van der Waals surface area contributed by atoms with Gasteiger partial charge in [0.05, 0.1) is 5.54 Å². The van der Waals surface area contributed by atoms with Crippen molar-refractivity contribution in [3.8, 4) is 0 Å². The van der Waals surface area contributed by atoms with Crippen LogP contribution in [0.2, 0.25) is 5.02 Å². The first-order chi connectivity index (χ1) is 17.3. The Labute approximate surface area is 226 Å². The molecule has 2 aromatic rings. The summed E-state index contributed by atoms with van der Waals surface area (Å²) >= 11 is 6.59. The van der Waals surface area contributed by atoms with Crippen LogP contribution in [0.4, 0.5) is 0 Å². The second-order valence-electron chi connectivity index (χ2n) is 9.90. The van der Waals surface area contributed by atoms with Crippen LogP contribution >= 0.6 is 11.6 Å². The molecule has 2 aliphatic rings. The van der Waals surface area contributed by atoms with Gasteiger partial charge in [-0.2, -0.15) is 0 Å². The van der Waals surface area contributed by atoms with Gasteiger partial charge < -0.3 is 5.32 Å². The Hall–Kier alpha value is -2.03. The van der Waals surface area contributed by atoms with E-state index in [2.05, 4.69) is 81.2 Å². The molecule has 1 unspecified atom stereocenters. The number of nitrogens with zero attached hydrogens (tertiary/aromatic N) is 1. The number of rotatable bonds is 5. The van der Waals surface area contributed by atoms with Crippen LogP contribution in [0.15, 0.2) is 59.8 Å². The molecule has 198 valence electrons. The fraction of sp³-hybridized carbons (Fsp3) is 0.515. The van der Waals surface area contributed by atoms with Gasteiger partial charge in [-0.15, -0.1) is 0 Å². The highest BCUT2D eigenvalue weighted by atomic mass is 35.5. The van der Waals surface area contributed by atoms with Crippen LogP contribution in [-0.4, -0.2) is 23.0 Å². The monoisotopic (exact) mass is 508 g/mol. The Morgan fingerprint density at radius 3 is 2.39 bits per heavy atom. The quantitative estimate of drug-likeness (QED) is 0.432. The lowest BCUT2D eigenvalue weighted by Gasteiger charge is -2.50. The fourth-order valence-corrected chi connectivity index (χ4v) is 5.96. The summed E-state index contributed by atoms with van der Waals surface area (Å²) < 4.78 is 0. The van der Waals surface area contributed by atoms with Gasteiger partial charge in [-0.05, 0) is 82.6 Å². The molecule has 3 heteroatoms. The topological polar surface area (TPSA) is 15.3 Å². The van der Waals surface area contributed by atoms with E-state index >= 15 is 0 Å². The number of hydrogen-bond donors (Lipinski definition) is 1. The zero-order chi connectivity index (χ0) is 26.9. The summed E-state index contributed by atoms with van der Waals surface area (Å²) in [6.45, 7) is 20.6. The summed E-state index contributed by atoms with van der Waals surface area (Å²) in [6.07, 6.45) is 7.89. The summed E-state index contributed by atoms with van der Waals surface area (Å²) in [5.41, 5.74) is 9.47. The summed E-state index contributed by atoms with van der Waals surface area (Å²) in [5, 5.41) is 4.66. The Balaban J connectivity index is 0.00000109. The normalized spacial score (nSPS) is 19.4. The molecule has 1 aliphatic heterocycles. The molecule has 0 fully saturated rings. The van der Waals surface area contributed by atoms with E-state index in [0.717, 1.165) is 42.1 Å². The van der Waals surface area contributed by atoms with Gasteiger partial charge in [0.2, 0.25) is 0 Å². The zero-order valence-electron chi connectivity index (χ0n) is 24.3. The Bertz CT molecular complexity index is 1050. The number of hydrogen-bond acceptors (Lipinski definition) is 2. The molecule has 1 N–H and O–H groups in total. The van der Waals surface area contributed by atoms with Crippen molar-refractivity contribution < 1.29 is 0 Å².